The van der Waals surface area contributed by atoms with Crippen molar-refractivity contribution in [2.75, 3.05) is 5.33 Å². The second-order valence-corrected chi connectivity index (χ2v) is 7.86. The van der Waals surface area contributed by atoms with E-state index in [1.54, 1.807) is 6.07 Å². The molecule has 0 bridgehead atoms. The van der Waals surface area contributed by atoms with Crippen LogP contribution in [-0.4, -0.2) is 19.8 Å². The molecule has 0 saturated carbocycles. The van der Waals surface area contributed by atoms with Crippen LogP contribution in [0.2, 0.25) is 4.34 Å². The molecule has 0 aliphatic heterocycles. The molecule has 1 N–H and O–H groups in total. The summed E-state index contributed by atoms with van der Waals surface area (Å²) in [6, 6.07) is 3.04. The van der Waals surface area contributed by atoms with Crippen LogP contribution in [0.1, 0.15) is 19.8 Å². The smallest absolute Gasteiger partial charge is 0.208 e. The van der Waals surface area contributed by atoms with Crippen molar-refractivity contribution < 1.29 is 8.42 Å². The number of rotatable bonds is 6. The molecule has 1 rings (SSSR count). The predicted molar refractivity (Wildman–Crippen MR) is 72.1 cm³/mol. The van der Waals surface area contributed by atoms with Crippen LogP contribution in [0.3, 0.4) is 0 Å². The number of alkyl halides is 1. The molecule has 1 heterocycles. The van der Waals surface area contributed by atoms with Crippen molar-refractivity contribution >= 4 is 48.9 Å². The summed E-state index contributed by atoms with van der Waals surface area (Å²) in [6.45, 7) is 1.86. The minimum atomic E-state index is -3.40. The van der Waals surface area contributed by atoms with Gasteiger partial charge in [-0.1, -0.05) is 27.5 Å². The van der Waals surface area contributed by atoms with Crippen LogP contribution in [0.5, 0.6) is 0 Å². The summed E-state index contributed by atoms with van der Waals surface area (Å²) in [5.41, 5.74) is 0. The van der Waals surface area contributed by atoms with Gasteiger partial charge < -0.3 is 0 Å². The van der Waals surface area contributed by atoms with Crippen molar-refractivity contribution in [2.45, 2.75) is 30.0 Å². The Morgan fingerprint density at radius 2 is 2.25 bits per heavy atom. The first kappa shape index (κ1) is 14.4. The fourth-order valence-corrected chi connectivity index (χ4v) is 4.31. The first-order valence-corrected chi connectivity index (χ1v) is 8.59. The van der Waals surface area contributed by atoms with Crippen LogP contribution in [0.4, 0.5) is 0 Å². The van der Waals surface area contributed by atoms with Gasteiger partial charge in [-0.15, -0.1) is 11.3 Å². The third-order valence-corrected chi connectivity index (χ3v) is 5.81. The molecule has 1 aromatic heterocycles. The van der Waals surface area contributed by atoms with E-state index in [0.717, 1.165) is 29.5 Å². The Hall–Kier alpha value is 0.380. The molecule has 7 heteroatoms. The van der Waals surface area contributed by atoms with Gasteiger partial charge in [-0.3, -0.25) is 0 Å². The highest BCUT2D eigenvalue weighted by atomic mass is 79.9. The van der Waals surface area contributed by atoms with E-state index in [4.69, 9.17) is 11.6 Å². The zero-order valence-corrected chi connectivity index (χ0v) is 12.7. The highest BCUT2D eigenvalue weighted by molar-refractivity contribution is 9.09. The van der Waals surface area contributed by atoms with E-state index in [1.165, 1.54) is 6.07 Å². The SMILES string of the molecule is CC(CCCBr)NS(=O)(=O)c1ccc(Cl)s1. The largest absolute Gasteiger partial charge is 0.250 e. The van der Waals surface area contributed by atoms with E-state index in [1.807, 2.05) is 6.92 Å². The number of hydrogen-bond acceptors (Lipinski definition) is 3. The fraction of sp³-hybridized carbons (Fsp3) is 0.556. The van der Waals surface area contributed by atoms with E-state index >= 15 is 0 Å². The maximum Gasteiger partial charge on any atom is 0.250 e. The molecule has 92 valence electrons. The number of sulfonamides is 1. The molecule has 0 aliphatic carbocycles. The first-order valence-electron chi connectivity index (χ1n) is 4.79. The summed E-state index contributed by atoms with van der Waals surface area (Å²) in [5, 5.41) is 0.879. The zero-order chi connectivity index (χ0) is 12.2. The summed E-state index contributed by atoms with van der Waals surface area (Å²) in [7, 11) is -3.40. The van der Waals surface area contributed by atoms with Gasteiger partial charge in [0.2, 0.25) is 10.0 Å². The molecule has 16 heavy (non-hydrogen) atoms. The fourth-order valence-electron chi connectivity index (χ4n) is 1.21. The molecule has 1 atom stereocenters. The van der Waals surface area contributed by atoms with Crippen LogP contribution in [0, 0.1) is 0 Å². The van der Waals surface area contributed by atoms with Crippen LogP contribution in [0.15, 0.2) is 16.3 Å². The minimum absolute atomic E-state index is 0.0663. The van der Waals surface area contributed by atoms with Crippen LogP contribution in [-0.2, 0) is 10.0 Å². The lowest BCUT2D eigenvalue weighted by Crippen LogP contribution is -2.32. The predicted octanol–water partition coefficient (Wildman–Crippen LogP) is 3.24. The third-order valence-electron chi connectivity index (χ3n) is 1.94. The Balaban J connectivity index is 2.65. The van der Waals surface area contributed by atoms with E-state index < -0.39 is 10.0 Å². The molecule has 0 radical (unpaired) electrons. The lowest BCUT2D eigenvalue weighted by Gasteiger charge is -2.12. The van der Waals surface area contributed by atoms with Crippen molar-refractivity contribution in [3.8, 4) is 0 Å². The number of nitrogens with one attached hydrogen (secondary N) is 1. The summed E-state index contributed by atoms with van der Waals surface area (Å²) in [6.07, 6.45) is 1.75. The average molecular weight is 347 g/mol. The van der Waals surface area contributed by atoms with Gasteiger partial charge in [0.15, 0.2) is 0 Å². The van der Waals surface area contributed by atoms with Gasteiger partial charge in [0.05, 0.1) is 4.34 Å². The van der Waals surface area contributed by atoms with Gasteiger partial charge in [-0.2, -0.15) is 0 Å². The molecule has 1 aromatic rings. The molecule has 0 fully saturated rings. The maximum atomic E-state index is 11.8. The Morgan fingerprint density at radius 3 is 2.75 bits per heavy atom. The number of halogens is 2. The Bertz CT molecular complexity index is 432. The molecule has 3 nitrogen and oxygen atoms in total. The van der Waals surface area contributed by atoms with Crippen molar-refractivity contribution in [3.05, 3.63) is 16.5 Å². The van der Waals surface area contributed by atoms with E-state index in [2.05, 4.69) is 20.7 Å². The third kappa shape index (κ3) is 4.33. The minimum Gasteiger partial charge on any atom is -0.208 e. The Labute approximate surface area is 113 Å². The number of thiophene rings is 1. The quantitative estimate of drug-likeness (QED) is 0.804. The van der Waals surface area contributed by atoms with E-state index in [9.17, 15) is 8.42 Å². The lowest BCUT2D eigenvalue weighted by molar-refractivity contribution is 0.547. The van der Waals surface area contributed by atoms with Gasteiger partial charge in [0.1, 0.15) is 4.21 Å². The molecule has 0 spiro atoms. The average Bonchev–Trinajstić information content (AvgIpc) is 2.62. The molecule has 0 aliphatic rings. The molecule has 0 amide bonds. The van der Waals surface area contributed by atoms with E-state index in [-0.39, 0.29) is 10.3 Å². The van der Waals surface area contributed by atoms with Gasteiger partial charge in [-0.25, -0.2) is 13.1 Å². The second-order valence-electron chi connectivity index (χ2n) is 3.41. The molecule has 0 aromatic carbocycles. The highest BCUT2D eigenvalue weighted by Gasteiger charge is 2.18. The van der Waals surface area contributed by atoms with Crippen LogP contribution in [0.25, 0.3) is 0 Å². The summed E-state index contributed by atoms with van der Waals surface area (Å²) < 4.78 is 27.1. The second kappa shape index (κ2) is 6.35. The van der Waals surface area contributed by atoms with E-state index in [0.29, 0.717) is 4.34 Å². The molecular weight excluding hydrogens is 334 g/mol. The van der Waals surface area contributed by atoms with Crippen molar-refractivity contribution in [1.29, 1.82) is 0 Å². The monoisotopic (exact) mass is 345 g/mol. The Kier molecular flexibility index (Phi) is 5.73. The van der Waals surface area contributed by atoms with Gasteiger partial charge >= 0.3 is 0 Å². The highest BCUT2D eigenvalue weighted by Crippen LogP contribution is 2.25. The standard InChI is InChI=1S/C9H13BrClNO2S2/c1-7(3-2-6-10)12-16(13,14)9-5-4-8(11)15-9/h4-5,7,12H,2-3,6H2,1H3. The lowest BCUT2D eigenvalue weighted by atomic mass is 10.2. The normalized spacial score (nSPS) is 13.9. The van der Waals surface area contributed by atoms with Crippen molar-refractivity contribution in [3.63, 3.8) is 0 Å². The number of hydrogen-bond donors (Lipinski definition) is 1. The van der Waals surface area contributed by atoms with Crippen molar-refractivity contribution in [1.82, 2.24) is 4.72 Å². The van der Waals surface area contributed by atoms with Gasteiger partial charge in [0, 0.05) is 11.4 Å². The zero-order valence-electron chi connectivity index (χ0n) is 8.74. The molecule has 1 unspecified atom stereocenters. The summed E-state index contributed by atoms with van der Waals surface area (Å²) in [5.74, 6) is 0. The first-order chi connectivity index (χ1) is 7.45. The summed E-state index contributed by atoms with van der Waals surface area (Å²) >= 11 is 10.1. The Morgan fingerprint density at radius 1 is 1.56 bits per heavy atom. The van der Waals surface area contributed by atoms with Gasteiger partial charge in [0.25, 0.3) is 0 Å². The van der Waals surface area contributed by atoms with Gasteiger partial charge in [-0.05, 0) is 31.9 Å². The molecular formula is C9H13BrClNO2S2. The van der Waals surface area contributed by atoms with Crippen LogP contribution >= 0.6 is 38.9 Å². The van der Waals surface area contributed by atoms with Crippen LogP contribution < -0.4 is 4.72 Å². The topological polar surface area (TPSA) is 46.2 Å². The maximum absolute atomic E-state index is 11.8. The molecule has 0 saturated heterocycles. The van der Waals surface area contributed by atoms with Crippen molar-refractivity contribution in [2.24, 2.45) is 0 Å². The summed E-state index contributed by atoms with van der Waals surface area (Å²) in [4.78, 5) is 0.